The van der Waals surface area contributed by atoms with Gasteiger partial charge in [-0.25, -0.2) is 4.98 Å². The molecule has 0 spiro atoms. The van der Waals surface area contributed by atoms with Crippen LogP contribution in [0.1, 0.15) is 38.6 Å². The number of benzene rings is 1. The highest BCUT2D eigenvalue weighted by Gasteiger charge is 2.27. The minimum absolute atomic E-state index is 0.0599. The van der Waals surface area contributed by atoms with Crippen molar-refractivity contribution in [1.29, 1.82) is 0 Å². The van der Waals surface area contributed by atoms with E-state index in [4.69, 9.17) is 10.7 Å². The molecule has 118 valence electrons. The Balaban J connectivity index is 1.83. The average molecular weight is 300 g/mol. The molecule has 1 fully saturated rings. The summed E-state index contributed by atoms with van der Waals surface area (Å²) in [5.41, 5.74) is 7.98. The maximum absolute atomic E-state index is 12.0. The van der Waals surface area contributed by atoms with Crippen molar-refractivity contribution in [2.45, 2.75) is 45.2 Å². The molecule has 2 heterocycles. The van der Waals surface area contributed by atoms with Crippen molar-refractivity contribution >= 4 is 16.9 Å². The Morgan fingerprint density at radius 1 is 1.36 bits per heavy atom. The third-order valence-electron chi connectivity index (χ3n) is 4.52. The Hall–Kier alpha value is -1.88. The topological polar surface area (TPSA) is 64.2 Å². The number of aryl methyl sites for hydroxylation is 1. The first-order valence-electron chi connectivity index (χ1n) is 8.12. The highest BCUT2D eigenvalue weighted by molar-refractivity contribution is 5.81. The standard InChI is InChI=1S/C17H24N4O/c1-3-16-19-14-6-4-5-7-15(14)21(16)13-8-10-20(11-9-13)17(22)12(2)18/h4-7,12-13H,3,8-11,18H2,1-2H3/t12-/m0/s1. The average Bonchev–Trinajstić information content (AvgIpc) is 2.92. The molecule has 1 atom stereocenters. The van der Waals surface area contributed by atoms with Gasteiger partial charge in [0.15, 0.2) is 0 Å². The van der Waals surface area contributed by atoms with Crippen molar-refractivity contribution in [3.8, 4) is 0 Å². The zero-order valence-electron chi connectivity index (χ0n) is 13.3. The normalized spacial score (nSPS) is 17.9. The molecule has 5 heteroatoms. The number of aromatic nitrogens is 2. The number of hydrogen-bond donors (Lipinski definition) is 1. The van der Waals surface area contributed by atoms with Crippen LogP contribution in [0.5, 0.6) is 0 Å². The van der Waals surface area contributed by atoms with Gasteiger partial charge in [-0.15, -0.1) is 0 Å². The van der Waals surface area contributed by atoms with Crippen LogP contribution >= 0.6 is 0 Å². The molecule has 2 N–H and O–H groups in total. The van der Waals surface area contributed by atoms with Gasteiger partial charge in [-0.1, -0.05) is 19.1 Å². The van der Waals surface area contributed by atoms with Gasteiger partial charge in [0.05, 0.1) is 17.1 Å². The predicted octanol–water partition coefficient (Wildman–Crippen LogP) is 2.11. The molecule has 0 saturated carbocycles. The number of para-hydroxylation sites is 2. The van der Waals surface area contributed by atoms with E-state index in [0.29, 0.717) is 6.04 Å². The van der Waals surface area contributed by atoms with Crippen molar-refractivity contribution in [3.05, 3.63) is 30.1 Å². The zero-order chi connectivity index (χ0) is 15.7. The largest absolute Gasteiger partial charge is 0.341 e. The Morgan fingerprint density at radius 2 is 2.05 bits per heavy atom. The Kier molecular flexibility index (Phi) is 4.16. The number of likely N-dealkylation sites (tertiary alicyclic amines) is 1. The molecule has 5 nitrogen and oxygen atoms in total. The molecule has 1 aliphatic heterocycles. The maximum atomic E-state index is 12.0. The first-order valence-corrected chi connectivity index (χ1v) is 8.12. The smallest absolute Gasteiger partial charge is 0.239 e. The molecule has 3 rings (SSSR count). The fraction of sp³-hybridized carbons (Fsp3) is 0.529. The number of hydrogen-bond acceptors (Lipinski definition) is 3. The Morgan fingerprint density at radius 3 is 2.68 bits per heavy atom. The summed E-state index contributed by atoms with van der Waals surface area (Å²) in [6.45, 7) is 5.46. The molecule has 0 radical (unpaired) electrons. The lowest BCUT2D eigenvalue weighted by atomic mass is 10.0. The van der Waals surface area contributed by atoms with Gasteiger partial charge < -0.3 is 15.2 Å². The highest BCUT2D eigenvalue weighted by atomic mass is 16.2. The molecular formula is C17H24N4O. The van der Waals surface area contributed by atoms with Crippen molar-refractivity contribution in [2.75, 3.05) is 13.1 Å². The van der Waals surface area contributed by atoms with Gasteiger partial charge >= 0.3 is 0 Å². The van der Waals surface area contributed by atoms with E-state index < -0.39 is 6.04 Å². The molecule has 0 unspecified atom stereocenters. The summed E-state index contributed by atoms with van der Waals surface area (Å²) in [6, 6.07) is 8.31. The van der Waals surface area contributed by atoms with Crippen LogP contribution in [0, 0.1) is 0 Å². The lowest BCUT2D eigenvalue weighted by molar-refractivity contribution is -0.133. The van der Waals surface area contributed by atoms with Crippen molar-refractivity contribution < 1.29 is 4.79 Å². The van der Waals surface area contributed by atoms with Crippen molar-refractivity contribution in [3.63, 3.8) is 0 Å². The van der Waals surface area contributed by atoms with Crippen LogP contribution in [-0.4, -0.2) is 39.5 Å². The first kappa shape index (κ1) is 15.0. The van der Waals surface area contributed by atoms with E-state index in [0.717, 1.165) is 43.7 Å². The third-order valence-corrected chi connectivity index (χ3v) is 4.52. The number of carbonyl (C=O) groups excluding carboxylic acids is 1. The van der Waals surface area contributed by atoms with Gasteiger partial charge in [-0.2, -0.15) is 0 Å². The van der Waals surface area contributed by atoms with Crippen LogP contribution < -0.4 is 5.73 Å². The number of nitrogens with zero attached hydrogens (tertiary/aromatic N) is 3. The van der Waals surface area contributed by atoms with Crippen LogP contribution in [0.3, 0.4) is 0 Å². The van der Waals surface area contributed by atoms with Crippen LogP contribution in [0.2, 0.25) is 0 Å². The molecular weight excluding hydrogens is 276 g/mol. The second-order valence-electron chi connectivity index (χ2n) is 6.09. The van der Waals surface area contributed by atoms with Gasteiger partial charge in [-0.3, -0.25) is 4.79 Å². The van der Waals surface area contributed by atoms with E-state index in [1.807, 2.05) is 11.0 Å². The monoisotopic (exact) mass is 300 g/mol. The number of carbonyl (C=O) groups is 1. The number of rotatable bonds is 3. The Labute approximate surface area is 131 Å². The SMILES string of the molecule is CCc1nc2ccccc2n1C1CCN(C(=O)[C@H](C)N)CC1. The second-order valence-corrected chi connectivity index (χ2v) is 6.09. The van der Waals surface area contributed by atoms with E-state index in [1.165, 1.54) is 5.52 Å². The summed E-state index contributed by atoms with van der Waals surface area (Å²) < 4.78 is 2.38. The number of amides is 1. The summed E-state index contributed by atoms with van der Waals surface area (Å²) >= 11 is 0. The Bertz CT molecular complexity index is 668. The van der Waals surface area contributed by atoms with E-state index in [9.17, 15) is 4.79 Å². The van der Waals surface area contributed by atoms with Gasteiger partial charge in [0.25, 0.3) is 0 Å². The number of fused-ring (bicyclic) bond motifs is 1. The minimum atomic E-state index is -0.406. The molecule has 1 aliphatic rings. The summed E-state index contributed by atoms with van der Waals surface area (Å²) in [6.07, 6.45) is 2.85. The van der Waals surface area contributed by atoms with E-state index in [2.05, 4.69) is 29.7 Å². The van der Waals surface area contributed by atoms with E-state index >= 15 is 0 Å². The molecule has 0 bridgehead atoms. The summed E-state index contributed by atoms with van der Waals surface area (Å²) in [4.78, 5) is 18.7. The van der Waals surface area contributed by atoms with Crippen LogP contribution in [0.25, 0.3) is 11.0 Å². The van der Waals surface area contributed by atoms with Crippen LogP contribution in [0.15, 0.2) is 24.3 Å². The molecule has 1 aromatic heterocycles. The molecule has 1 saturated heterocycles. The number of nitrogens with two attached hydrogens (primary N) is 1. The lowest BCUT2D eigenvalue weighted by Crippen LogP contribution is -2.46. The van der Waals surface area contributed by atoms with Crippen molar-refractivity contribution in [1.82, 2.24) is 14.5 Å². The van der Waals surface area contributed by atoms with E-state index in [-0.39, 0.29) is 5.91 Å². The molecule has 1 amide bonds. The quantitative estimate of drug-likeness (QED) is 0.944. The fourth-order valence-electron chi connectivity index (χ4n) is 3.38. The maximum Gasteiger partial charge on any atom is 0.239 e. The van der Waals surface area contributed by atoms with Gasteiger partial charge in [0, 0.05) is 25.6 Å². The summed E-state index contributed by atoms with van der Waals surface area (Å²) in [7, 11) is 0. The van der Waals surface area contributed by atoms with Gasteiger partial charge in [-0.05, 0) is 31.9 Å². The van der Waals surface area contributed by atoms with E-state index in [1.54, 1.807) is 6.92 Å². The lowest BCUT2D eigenvalue weighted by Gasteiger charge is -2.34. The van der Waals surface area contributed by atoms with Gasteiger partial charge in [0.2, 0.25) is 5.91 Å². The van der Waals surface area contributed by atoms with Gasteiger partial charge in [0.1, 0.15) is 5.82 Å². The number of imidazole rings is 1. The first-order chi connectivity index (χ1) is 10.6. The molecule has 2 aromatic rings. The molecule has 0 aliphatic carbocycles. The molecule has 1 aromatic carbocycles. The summed E-state index contributed by atoms with van der Waals surface area (Å²) in [5, 5.41) is 0. The highest BCUT2D eigenvalue weighted by Crippen LogP contribution is 2.29. The van der Waals surface area contributed by atoms with Crippen molar-refractivity contribution in [2.24, 2.45) is 5.73 Å². The van der Waals surface area contributed by atoms with Crippen LogP contribution in [0.4, 0.5) is 0 Å². The molecule has 22 heavy (non-hydrogen) atoms. The van der Waals surface area contributed by atoms with Crippen LogP contribution in [-0.2, 0) is 11.2 Å². The predicted molar refractivity (Wildman–Crippen MR) is 87.6 cm³/mol. The third kappa shape index (κ3) is 2.61. The summed E-state index contributed by atoms with van der Waals surface area (Å²) in [5.74, 6) is 1.20. The minimum Gasteiger partial charge on any atom is -0.341 e. The zero-order valence-corrected chi connectivity index (χ0v) is 13.3. The number of piperidine rings is 1. The fourth-order valence-corrected chi connectivity index (χ4v) is 3.38. The second kappa shape index (κ2) is 6.08.